The number of hydrogen-bond acceptors (Lipinski definition) is 6. The number of nitrogens with zero attached hydrogens (tertiary/aromatic N) is 4. The monoisotopic (exact) mass is 311 g/mol. The Morgan fingerprint density at radius 1 is 1.48 bits per heavy atom. The van der Waals surface area contributed by atoms with Crippen molar-refractivity contribution < 1.29 is 14.7 Å². The van der Waals surface area contributed by atoms with Gasteiger partial charge in [0, 0.05) is 12.3 Å². The lowest BCUT2D eigenvalue weighted by molar-refractivity contribution is -0.149. The third-order valence-corrected chi connectivity index (χ3v) is 5.19. The van der Waals surface area contributed by atoms with E-state index in [2.05, 4.69) is 10.3 Å². The van der Waals surface area contributed by atoms with Crippen LogP contribution >= 0.6 is 11.8 Å². The van der Waals surface area contributed by atoms with E-state index in [1.807, 2.05) is 0 Å². The van der Waals surface area contributed by atoms with Crippen LogP contribution in [-0.4, -0.2) is 54.0 Å². The van der Waals surface area contributed by atoms with Crippen LogP contribution in [0.25, 0.3) is 0 Å². The van der Waals surface area contributed by atoms with E-state index in [1.54, 1.807) is 18.0 Å². The van der Waals surface area contributed by atoms with E-state index in [0.717, 1.165) is 12.8 Å². The zero-order valence-electron chi connectivity index (χ0n) is 11.4. The average molecular weight is 311 g/mol. The van der Waals surface area contributed by atoms with Gasteiger partial charge in [-0.05, 0) is 18.8 Å². The molecule has 2 fully saturated rings. The number of thioether (sulfide) groups is 1. The van der Waals surface area contributed by atoms with Crippen LogP contribution in [0.4, 0.5) is 0 Å². The van der Waals surface area contributed by atoms with Gasteiger partial charge in [0.25, 0.3) is 0 Å². The summed E-state index contributed by atoms with van der Waals surface area (Å²) in [4.78, 5) is 25.4. The van der Waals surface area contributed by atoms with E-state index in [4.69, 9.17) is 5.73 Å². The summed E-state index contributed by atoms with van der Waals surface area (Å²) in [6.45, 7) is 0.261. The van der Waals surface area contributed by atoms with Crippen molar-refractivity contribution in [2.24, 2.45) is 11.7 Å². The fourth-order valence-electron chi connectivity index (χ4n) is 2.51. The molecule has 1 amide bonds. The fourth-order valence-corrected chi connectivity index (χ4v) is 4.16. The second kappa shape index (κ2) is 5.64. The van der Waals surface area contributed by atoms with Crippen molar-refractivity contribution in [1.82, 2.24) is 19.9 Å². The average Bonchev–Trinajstić information content (AvgIpc) is 3.03. The van der Waals surface area contributed by atoms with Crippen LogP contribution in [0.15, 0.2) is 6.20 Å². The van der Waals surface area contributed by atoms with Crippen molar-refractivity contribution in [3.63, 3.8) is 0 Å². The molecule has 3 N–H and O–H groups in total. The topological polar surface area (TPSA) is 114 Å². The van der Waals surface area contributed by atoms with Gasteiger partial charge in [0.1, 0.15) is 12.6 Å². The van der Waals surface area contributed by atoms with Crippen LogP contribution in [0.5, 0.6) is 0 Å². The molecule has 1 aromatic heterocycles. The maximum atomic E-state index is 12.5. The number of aromatic nitrogens is 3. The van der Waals surface area contributed by atoms with Gasteiger partial charge in [-0.1, -0.05) is 5.21 Å². The molecular weight excluding hydrogens is 294 g/mol. The van der Waals surface area contributed by atoms with Crippen molar-refractivity contribution in [2.75, 3.05) is 5.75 Å². The molecule has 1 aliphatic heterocycles. The maximum absolute atomic E-state index is 12.5. The molecule has 1 aliphatic carbocycles. The van der Waals surface area contributed by atoms with Gasteiger partial charge in [-0.25, -0.2) is 9.48 Å². The normalized spacial score (nSPS) is 25.3. The molecular formula is C12H17N5O3S. The van der Waals surface area contributed by atoms with Crippen molar-refractivity contribution in [3.05, 3.63) is 11.9 Å². The summed E-state index contributed by atoms with van der Waals surface area (Å²) in [6, 6.07) is -0.745. The third kappa shape index (κ3) is 2.88. The molecule has 2 aliphatic rings. The Kier molecular flexibility index (Phi) is 3.85. The summed E-state index contributed by atoms with van der Waals surface area (Å²) >= 11 is 1.57. The lowest BCUT2D eigenvalue weighted by Gasteiger charge is -2.27. The minimum atomic E-state index is -0.944. The second-order valence-electron chi connectivity index (χ2n) is 5.33. The highest BCUT2D eigenvalue weighted by molar-refractivity contribution is 8.00. The molecule has 2 heterocycles. The first-order valence-electron chi connectivity index (χ1n) is 6.85. The molecule has 0 radical (unpaired) electrons. The molecule has 1 saturated heterocycles. The summed E-state index contributed by atoms with van der Waals surface area (Å²) in [6.07, 6.45) is 3.74. The van der Waals surface area contributed by atoms with Crippen molar-refractivity contribution in [3.8, 4) is 0 Å². The summed E-state index contributed by atoms with van der Waals surface area (Å²) < 4.78 is 1.41. The van der Waals surface area contributed by atoms with Gasteiger partial charge in [0.05, 0.1) is 17.3 Å². The van der Waals surface area contributed by atoms with Crippen LogP contribution in [-0.2, 0) is 22.7 Å². The van der Waals surface area contributed by atoms with Crippen LogP contribution < -0.4 is 5.73 Å². The molecule has 9 heteroatoms. The molecule has 114 valence electrons. The number of carboxylic acid groups (broad SMARTS) is 1. The fraction of sp³-hybridized carbons (Fsp3) is 0.667. The smallest absolute Gasteiger partial charge is 0.327 e. The highest BCUT2D eigenvalue weighted by Crippen LogP contribution is 2.45. The summed E-state index contributed by atoms with van der Waals surface area (Å²) in [5.41, 5.74) is 6.06. The van der Waals surface area contributed by atoms with Crippen LogP contribution in [0.1, 0.15) is 18.5 Å². The molecule has 0 aromatic carbocycles. The first-order chi connectivity index (χ1) is 10.1. The zero-order chi connectivity index (χ0) is 15.0. The van der Waals surface area contributed by atoms with E-state index in [-0.39, 0.29) is 24.4 Å². The first-order valence-corrected chi connectivity index (χ1v) is 7.89. The predicted molar refractivity (Wildman–Crippen MR) is 75.2 cm³/mol. The molecule has 3 rings (SSSR count). The second-order valence-corrected chi connectivity index (χ2v) is 6.48. The lowest BCUT2D eigenvalue weighted by atomic mass is 10.2. The first kappa shape index (κ1) is 14.3. The Labute approximate surface area is 125 Å². The zero-order valence-corrected chi connectivity index (χ0v) is 12.2. The number of carbonyl (C=O) groups excluding carboxylic acids is 1. The number of hydrogen-bond donors (Lipinski definition) is 2. The minimum absolute atomic E-state index is 0.000556. The number of rotatable bonds is 5. The highest BCUT2D eigenvalue weighted by atomic mass is 32.2. The van der Waals surface area contributed by atoms with Gasteiger partial charge in [-0.3, -0.25) is 4.79 Å². The summed E-state index contributed by atoms with van der Waals surface area (Å²) in [5.74, 6) is -0.287. The van der Waals surface area contributed by atoms with E-state index < -0.39 is 12.0 Å². The largest absolute Gasteiger partial charge is 0.480 e. The number of aliphatic carboxylic acids is 1. The van der Waals surface area contributed by atoms with Gasteiger partial charge in [-0.15, -0.1) is 16.9 Å². The molecule has 1 saturated carbocycles. The Balaban J connectivity index is 1.74. The predicted octanol–water partition coefficient (Wildman–Crippen LogP) is -0.498. The van der Waals surface area contributed by atoms with Crippen molar-refractivity contribution in [1.29, 1.82) is 0 Å². The van der Waals surface area contributed by atoms with E-state index in [1.165, 1.54) is 9.58 Å². The molecule has 1 aromatic rings. The van der Waals surface area contributed by atoms with Crippen LogP contribution in [0.3, 0.4) is 0 Å². The Bertz CT molecular complexity index is 559. The van der Waals surface area contributed by atoms with Gasteiger partial charge in [0.2, 0.25) is 5.91 Å². The number of nitrogens with two attached hydrogens (primary N) is 1. The van der Waals surface area contributed by atoms with E-state index in [0.29, 0.717) is 17.4 Å². The van der Waals surface area contributed by atoms with Gasteiger partial charge in [-0.2, -0.15) is 0 Å². The molecule has 2 atom stereocenters. The number of carbonyl (C=O) groups is 2. The van der Waals surface area contributed by atoms with Gasteiger partial charge < -0.3 is 15.7 Å². The minimum Gasteiger partial charge on any atom is -0.480 e. The van der Waals surface area contributed by atoms with E-state index >= 15 is 0 Å². The molecule has 8 nitrogen and oxygen atoms in total. The quantitative estimate of drug-likeness (QED) is 0.753. The lowest BCUT2D eigenvalue weighted by Crippen LogP contribution is -2.47. The Morgan fingerprint density at radius 2 is 2.24 bits per heavy atom. The van der Waals surface area contributed by atoms with Crippen molar-refractivity contribution in [2.45, 2.75) is 37.3 Å². The Hall–Kier alpha value is -1.61. The molecule has 0 bridgehead atoms. The van der Waals surface area contributed by atoms with Gasteiger partial charge >= 0.3 is 5.97 Å². The van der Waals surface area contributed by atoms with Crippen LogP contribution in [0.2, 0.25) is 0 Å². The van der Waals surface area contributed by atoms with Crippen LogP contribution in [0, 0.1) is 5.92 Å². The summed E-state index contributed by atoms with van der Waals surface area (Å²) in [5, 5.41) is 17.0. The number of carboxylic acids is 1. The molecule has 2 unspecified atom stereocenters. The maximum Gasteiger partial charge on any atom is 0.327 e. The molecule has 0 spiro atoms. The highest BCUT2D eigenvalue weighted by Gasteiger charge is 2.47. The third-order valence-electron chi connectivity index (χ3n) is 3.73. The SMILES string of the molecule is NCc1cn(CC(=O)N2C(C(=O)O)CSC2C2CC2)nn1. The van der Waals surface area contributed by atoms with E-state index in [9.17, 15) is 14.7 Å². The molecule has 21 heavy (non-hydrogen) atoms. The Morgan fingerprint density at radius 3 is 2.81 bits per heavy atom. The summed E-state index contributed by atoms with van der Waals surface area (Å²) in [7, 11) is 0. The van der Waals surface area contributed by atoms with Gasteiger partial charge in [0.15, 0.2) is 0 Å². The van der Waals surface area contributed by atoms with Crippen molar-refractivity contribution >= 4 is 23.6 Å². The number of amides is 1. The standard InChI is InChI=1S/C12H17N5O3S/c13-3-8-4-16(15-14-8)5-10(18)17-9(12(19)20)6-21-11(17)7-1-2-7/h4,7,9,11H,1-3,5-6,13H2,(H,19,20).